The van der Waals surface area contributed by atoms with Gasteiger partial charge in [-0.2, -0.15) is 0 Å². The van der Waals surface area contributed by atoms with E-state index in [-0.39, 0.29) is 5.75 Å². The standard InChI is InChI=1S/C21H21FN2O6/c22-15-4-5-16(24(26)27)18(12-15)30-13-20(25)23-21(7-1-2-8-21)14-3-6-17-19(11-14)29-10-9-28-17/h3-6,11-12H,1-2,7-10,13H2,(H,23,25). The summed E-state index contributed by atoms with van der Waals surface area (Å²) < 4.78 is 30.0. The average Bonchev–Trinajstić information content (AvgIpc) is 3.21. The van der Waals surface area contributed by atoms with Crippen molar-refractivity contribution in [3.05, 3.63) is 57.9 Å². The van der Waals surface area contributed by atoms with Crippen LogP contribution in [0.5, 0.6) is 17.2 Å². The Bertz CT molecular complexity index is 974. The summed E-state index contributed by atoms with van der Waals surface area (Å²) in [7, 11) is 0. The fraction of sp³-hybridized carbons (Fsp3) is 0.381. The molecule has 0 bridgehead atoms. The van der Waals surface area contributed by atoms with Crippen LogP contribution in [-0.4, -0.2) is 30.7 Å². The van der Waals surface area contributed by atoms with Crippen LogP contribution in [0.4, 0.5) is 10.1 Å². The zero-order chi connectivity index (χ0) is 21.1. The van der Waals surface area contributed by atoms with Gasteiger partial charge < -0.3 is 19.5 Å². The van der Waals surface area contributed by atoms with E-state index < -0.39 is 34.5 Å². The SMILES string of the molecule is O=C(COc1cc(F)ccc1[N+](=O)[O-])NC1(c2ccc3c(c2)OCCO3)CCCC1. The van der Waals surface area contributed by atoms with Crippen LogP contribution in [0.2, 0.25) is 0 Å². The minimum absolute atomic E-state index is 0.282. The number of fused-ring (bicyclic) bond motifs is 1. The molecular formula is C21H21FN2O6. The first kappa shape index (κ1) is 19.9. The fourth-order valence-corrected chi connectivity index (χ4v) is 4.01. The van der Waals surface area contributed by atoms with E-state index in [0.717, 1.165) is 49.4 Å². The molecule has 8 nitrogen and oxygen atoms in total. The smallest absolute Gasteiger partial charge is 0.311 e. The van der Waals surface area contributed by atoms with Crippen LogP contribution in [-0.2, 0) is 10.3 Å². The van der Waals surface area contributed by atoms with Crippen LogP contribution in [0.3, 0.4) is 0 Å². The molecular weight excluding hydrogens is 395 g/mol. The molecule has 9 heteroatoms. The number of hydrogen-bond acceptors (Lipinski definition) is 6. The molecule has 0 atom stereocenters. The second-order valence-corrected chi connectivity index (χ2v) is 7.35. The van der Waals surface area contributed by atoms with Gasteiger partial charge in [-0.25, -0.2) is 4.39 Å². The van der Waals surface area contributed by atoms with Crippen LogP contribution >= 0.6 is 0 Å². The van der Waals surface area contributed by atoms with Gasteiger partial charge in [-0.3, -0.25) is 14.9 Å². The van der Waals surface area contributed by atoms with Gasteiger partial charge in [0.1, 0.15) is 19.0 Å². The van der Waals surface area contributed by atoms with Gasteiger partial charge in [-0.15, -0.1) is 0 Å². The maximum absolute atomic E-state index is 13.5. The second kappa shape index (κ2) is 8.17. The largest absolute Gasteiger partial charge is 0.486 e. The molecule has 4 rings (SSSR count). The zero-order valence-electron chi connectivity index (χ0n) is 16.2. The van der Waals surface area contributed by atoms with Crippen molar-refractivity contribution in [2.24, 2.45) is 0 Å². The Morgan fingerprint density at radius 1 is 1.13 bits per heavy atom. The number of nitro groups is 1. The molecule has 1 fully saturated rings. The summed E-state index contributed by atoms with van der Waals surface area (Å²) in [4.78, 5) is 23.1. The molecule has 158 valence electrons. The van der Waals surface area contributed by atoms with E-state index in [2.05, 4.69) is 5.32 Å². The van der Waals surface area contributed by atoms with E-state index in [1.165, 1.54) is 0 Å². The summed E-state index contributed by atoms with van der Waals surface area (Å²) in [6.07, 6.45) is 3.40. The zero-order valence-corrected chi connectivity index (χ0v) is 16.2. The maximum Gasteiger partial charge on any atom is 0.311 e. The Balaban J connectivity index is 1.50. The molecule has 2 aromatic carbocycles. The van der Waals surface area contributed by atoms with Gasteiger partial charge in [0.25, 0.3) is 5.91 Å². The van der Waals surface area contributed by atoms with Gasteiger partial charge in [0.2, 0.25) is 5.75 Å². The molecule has 1 saturated carbocycles. The summed E-state index contributed by atoms with van der Waals surface area (Å²) in [6, 6.07) is 8.52. The number of carbonyl (C=O) groups is 1. The highest BCUT2D eigenvalue weighted by molar-refractivity contribution is 5.79. The molecule has 0 saturated heterocycles. The van der Waals surface area contributed by atoms with Crippen molar-refractivity contribution < 1.29 is 28.3 Å². The fourth-order valence-electron chi connectivity index (χ4n) is 4.01. The lowest BCUT2D eigenvalue weighted by Gasteiger charge is -2.32. The van der Waals surface area contributed by atoms with Gasteiger partial charge in [0, 0.05) is 12.1 Å². The number of rotatable bonds is 6. The molecule has 1 amide bonds. The summed E-state index contributed by atoms with van der Waals surface area (Å²) in [5, 5.41) is 14.1. The average molecular weight is 416 g/mol. The lowest BCUT2D eigenvalue weighted by Crippen LogP contribution is -2.45. The van der Waals surface area contributed by atoms with Crippen molar-refractivity contribution in [2.45, 2.75) is 31.2 Å². The normalized spacial score (nSPS) is 16.7. The third-order valence-corrected chi connectivity index (χ3v) is 5.41. The summed E-state index contributed by atoms with van der Waals surface area (Å²) in [5.74, 6) is -0.0861. The Kier molecular flexibility index (Phi) is 5.43. The molecule has 1 N–H and O–H groups in total. The summed E-state index contributed by atoms with van der Waals surface area (Å²) in [6.45, 7) is 0.504. The Hall–Kier alpha value is -3.36. The van der Waals surface area contributed by atoms with Crippen molar-refractivity contribution in [3.8, 4) is 17.2 Å². The third-order valence-electron chi connectivity index (χ3n) is 5.41. The van der Waals surface area contributed by atoms with E-state index in [9.17, 15) is 19.3 Å². The molecule has 2 aliphatic rings. The van der Waals surface area contributed by atoms with E-state index >= 15 is 0 Å². The quantitative estimate of drug-likeness (QED) is 0.572. The number of carbonyl (C=O) groups excluding carboxylic acids is 1. The second-order valence-electron chi connectivity index (χ2n) is 7.35. The number of halogens is 1. The predicted molar refractivity (Wildman–Crippen MR) is 104 cm³/mol. The first-order chi connectivity index (χ1) is 14.5. The molecule has 1 heterocycles. The highest BCUT2D eigenvalue weighted by Crippen LogP contribution is 2.42. The Morgan fingerprint density at radius 2 is 1.87 bits per heavy atom. The van der Waals surface area contributed by atoms with Gasteiger partial charge in [-0.1, -0.05) is 18.9 Å². The maximum atomic E-state index is 13.5. The first-order valence-corrected chi connectivity index (χ1v) is 9.75. The van der Waals surface area contributed by atoms with Crippen molar-refractivity contribution in [1.29, 1.82) is 0 Å². The van der Waals surface area contributed by atoms with Crippen LogP contribution in [0.25, 0.3) is 0 Å². The monoisotopic (exact) mass is 416 g/mol. The Morgan fingerprint density at radius 3 is 2.60 bits per heavy atom. The molecule has 0 aromatic heterocycles. The molecule has 1 aliphatic heterocycles. The van der Waals surface area contributed by atoms with E-state index in [4.69, 9.17) is 14.2 Å². The van der Waals surface area contributed by atoms with Crippen LogP contribution in [0.1, 0.15) is 31.2 Å². The van der Waals surface area contributed by atoms with Gasteiger partial charge in [-0.05, 0) is 36.6 Å². The van der Waals surface area contributed by atoms with Crippen LogP contribution in [0.15, 0.2) is 36.4 Å². The molecule has 30 heavy (non-hydrogen) atoms. The number of nitrogens with zero attached hydrogens (tertiary/aromatic N) is 1. The van der Waals surface area contributed by atoms with Crippen LogP contribution < -0.4 is 19.5 Å². The van der Waals surface area contributed by atoms with Crippen molar-refractivity contribution in [1.82, 2.24) is 5.32 Å². The van der Waals surface area contributed by atoms with Crippen molar-refractivity contribution in [2.75, 3.05) is 19.8 Å². The van der Waals surface area contributed by atoms with E-state index in [0.29, 0.717) is 24.7 Å². The van der Waals surface area contributed by atoms with E-state index in [1.54, 1.807) is 0 Å². The topological polar surface area (TPSA) is 99.9 Å². The first-order valence-electron chi connectivity index (χ1n) is 9.75. The number of nitro benzene ring substituents is 1. The van der Waals surface area contributed by atoms with Crippen molar-refractivity contribution in [3.63, 3.8) is 0 Å². The molecule has 0 radical (unpaired) electrons. The minimum atomic E-state index is -0.681. The van der Waals surface area contributed by atoms with Gasteiger partial charge >= 0.3 is 5.69 Å². The number of amides is 1. The number of hydrogen-bond donors (Lipinski definition) is 1. The lowest BCUT2D eigenvalue weighted by atomic mass is 9.87. The van der Waals surface area contributed by atoms with Crippen molar-refractivity contribution >= 4 is 11.6 Å². The Labute approximate surface area is 172 Å². The lowest BCUT2D eigenvalue weighted by molar-refractivity contribution is -0.385. The summed E-state index contributed by atoms with van der Waals surface area (Å²) >= 11 is 0. The number of ether oxygens (including phenoxy) is 3. The predicted octanol–water partition coefficient (Wildman–Crippen LogP) is 3.47. The molecule has 0 spiro atoms. The highest BCUT2D eigenvalue weighted by Gasteiger charge is 2.38. The third kappa shape index (κ3) is 4.00. The van der Waals surface area contributed by atoms with Gasteiger partial charge in [0.15, 0.2) is 18.1 Å². The number of nitrogens with one attached hydrogen (secondary N) is 1. The molecule has 1 aliphatic carbocycles. The van der Waals surface area contributed by atoms with Crippen LogP contribution in [0, 0.1) is 15.9 Å². The summed E-state index contributed by atoms with van der Waals surface area (Å²) in [5.41, 5.74) is -0.0644. The van der Waals surface area contributed by atoms with E-state index in [1.807, 2.05) is 18.2 Å². The minimum Gasteiger partial charge on any atom is -0.486 e. The number of benzene rings is 2. The molecule has 2 aromatic rings. The van der Waals surface area contributed by atoms with Gasteiger partial charge in [0.05, 0.1) is 10.5 Å². The molecule has 0 unspecified atom stereocenters. The highest BCUT2D eigenvalue weighted by atomic mass is 19.1.